The lowest BCUT2D eigenvalue weighted by atomic mass is 9.83. The highest BCUT2D eigenvalue weighted by Crippen LogP contribution is 2.36. The first-order valence-corrected chi connectivity index (χ1v) is 10.8. The summed E-state index contributed by atoms with van der Waals surface area (Å²) in [5, 5.41) is 0. The molecule has 1 atom stereocenters. The van der Waals surface area contributed by atoms with Crippen LogP contribution in [0.2, 0.25) is 0 Å². The number of likely N-dealkylation sites (tertiary alicyclic amines) is 1. The molecule has 2 aromatic rings. The van der Waals surface area contributed by atoms with Gasteiger partial charge in [0.05, 0.1) is 18.3 Å². The highest BCUT2D eigenvalue weighted by molar-refractivity contribution is 5.93. The van der Waals surface area contributed by atoms with Gasteiger partial charge in [0, 0.05) is 32.3 Å². The van der Waals surface area contributed by atoms with Gasteiger partial charge in [-0.05, 0) is 49.9 Å². The van der Waals surface area contributed by atoms with Gasteiger partial charge in [0.25, 0.3) is 5.91 Å². The van der Waals surface area contributed by atoms with E-state index in [1.165, 1.54) is 0 Å². The van der Waals surface area contributed by atoms with Gasteiger partial charge in [0.2, 0.25) is 0 Å². The zero-order chi connectivity index (χ0) is 20.8. The van der Waals surface area contributed by atoms with Crippen molar-refractivity contribution in [3.05, 3.63) is 59.9 Å². The fourth-order valence-corrected chi connectivity index (χ4v) is 4.34. The van der Waals surface area contributed by atoms with Crippen LogP contribution in [0.5, 0.6) is 5.75 Å². The van der Waals surface area contributed by atoms with Crippen LogP contribution < -0.4 is 4.74 Å². The number of para-hydroxylation sites is 1. The minimum absolute atomic E-state index is 0.0182. The molecule has 0 radical (unpaired) electrons. The van der Waals surface area contributed by atoms with Crippen molar-refractivity contribution in [3.8, 4) is 5.75 Å². The number of carbonyl (C=O) groups is 1. The number of aromatic nitrogens is 1. The van der Waals surface area contributed by atoms with E-state index >= 15 is 0 Å². The smallest absolute Gasteiger partial charge is 0.272 e. The molecule has 0 saturated carbocycles. The third-order valence-electron chi connectivity index (χ3n) is 6.07. The van der Waals surface area contributed by atoms with E-state index in [2.05, 4.69) is 4.98 Å². The topological polar surface area (TPSA) is 60.9 Å². The summed E-state index contributed by atoms with van der Waals surface area (Å²) in [6, 6.07) is 13.6. The van der Waals surface area contributed by atoms with Gasteiger partial charge < -0.3 is 19.1 Å². The Labute approximate surface area is 178 Å². The molecule has 2 saturated heterocycles. The molecule has 1 amide bonds. The summed E-state index contributed by atoms with van der Waals surface area (Å²) in [7, 11) is 0. The number of amides is 1. The number of aryl methyl sites for hydroxylation is 1. The fourth-order valence-electron chi connectivity index (χ4n) is 4.34. The average molecular weight is 411 g/mol. The summed E-state index contributed by atoms with van der Waals surface area (Å²) in [5.41, 5.74) is 1.29. The van der Waals surface area contributed by atoms with E-state index in [1.807, 2.05) is 54.3 Å². The number of piperidine rings is 1. The van der Waals surface area contributed by atoms with E-state index in [0.717, 1.165) is 37.0 Å². The molecule has 2 aliphatic heterocycles. The predicted octanol–water partition coefficient (Wildman–Crippen LogP) is 3.64. The minimum atomic E-state index is -0.181. The first-order valence-electron chi connectivity index (χ1n) is 10.8. The van der Waals surface area contributed by atoms with E-state index in [9.17, 15) is 4.79 Å². The molecule has 6 nitrogen and oxygen atoms in total. The Morgan fingerprint density at radius 2 is 1.97 bits per heavy atom. The Bertz CT molecular complexity index is 834. The van der Waals surface area contributed by atoms with Crippen molar-refractivity contribution in [2.45, 2.75) is 44.3 Å². The molecule has 4 rings (SSSR count). The van der Waals surface area contributed by atoms with Crippen molar-refractivity contribution in [2.24, 2.45) is 0 Å². The first kappa shape index (κ1) is 20.8. The number of rotatable bonds is 6. The molecule has 6 heteroatoms. The number of pyridine rings is 1. The lowest BCUT2D eigenvalue weighted by Crippen LogP contribution is -2.52. The monoisotopic (exact) mass is 410 g/mol. The standard InChI is InChI=1S/C24H30N2O4/c1-19-6-5-12-25-22(19)23(27)26-13-10-24(11-14-26)18-21(9-15-30-24)29-17-16-28-20-7-3-2-4-8-20/h2-8,12,21H,9-11,13-18H2,1H3. The molecule has 1 aromatic heterocycles. The van der Waals surface area contributed by atoms with Crippen LogP contribution in [0, 0.1) is 6.92 Å². The zero-order valence-electron chi connectivity index (χ0n) is 17.6. The second-order valence-corrected chi connectivity index (χ2v) is 8.14. The van der Waals surface area contributed by atoms with Gasteiger partial charge in [-0.2, -0.15) is 0 Å². The van der Waals surface area contributed by atoms with Gasteiger partial charge in [-0.25, -0.2) is 0 Å². The van der Waals surface area contributed by atoms with Crippen LogP contribution in [0.3, 0.4) is 0 Å². The lowest BCUT2D eigenvalue weighted by molar-refractivity contribution is -0.153. The number of hydrogen-bond acceptors (Lipinski definition) is 5. The molecule has 0 aliphatic carbocycles. The Hall–Kier alpha value is -2.44. The summed E-state index contributed by atoms with van der Waals surface area (Å²) in [6.07, 6.45) is 5.32. The van der Waals surface area contributed by atoms with Crippen molar-refractivity contribution in [3.63, 3.8) is 0 Å². The van der Waals surface area contributed by atoms with Crippen LogP contribution in [0.4, 0.5) is 0 Å². The van der Waals surface area contributed by atoms with E-state index in [4.69, 9.17) is 14.2 Å². The maximum atomic E-state index is 12.8. The van der Waals surface area contributed by atoms with Crippen LogP contribution in [0.15, 0.2) is 48.7 Å². The Morgan fingerprint density at radius 1 is 1.17 bits per heavy atom. The fraction of sp³-hybridized carbons (Fsp3) is 0.500. The lowest BCUT2D eigenvalue weighted by Gasteiger charge is -2.46. The molecule has 3 heterocycles. The van der Waals surface area contributed by atoms with Crippen molar-refractivity contribution >= 4 is 5.91 Å². The van der Waals surface area contributed by atoms with Crippen molar-refractivity contribution < 1.29 is 19.0 Å². The normalized spacial score (nSPS) is 20.8. The summed E-state index contributed by atoms with van der Waals surface area (Å²) in [4.78, 5) is 19.0. The molecule has 160 valence electrons. The van der Waals surface area contributed by atoms with Crippen molar-refractivity contribution in [1.82, 2.24) is 9.88 Å². The number of ether oxygens (including phenoxy) is 3. The molecule has 0 N–H and O–H groups in total. The number of benzene rings is 1. The summed E-state index contributed by atoms with van der Waals surface area (Å²) in [5.74, 6) is 0.884. The van der Waals surface area contributed by atoms with Gasteiger partial charge in [-0.1, -0.05) is 24.3 Å². The maximum Gasteiger partial charge on any atom is 0.272 e. The van der Waals surface area contributed by atoms with Crippen LogP contribution in [-0.4, -0.2) is 60.4 Å². The van der Waals surface area contributed by atoms with Crippen molar-refractivity contribution in [1.29, 1.82) is 0 Å². The first-order chi connectivity index (χ1) is 14.7. The molecule has 2 fully saturated rings. The highest BCUT2D eigenvalue weighted by atomic mass is 16.5. The third-order valence-corrected chi connectivity index (χ3v) is 6.07. The van der Waals surface area contributed by atoms with Crippen LogP contribution in [0.1, 0.15) is 41.7 Å². The van der Waals surface area contributed by atoms with E-state index in [-0.39, 0.29) is 17.6 Å². The van der Waals surface area contributed by atoms with Crippen molar-refractivity contribution in [2.75, 3.05) is 32.9 Å². The minimum Gasteiger partial charge on any atom is -0.491 e. The van der Waals surface area contributed by atoms with Gasteiger partial charge in [0.1, 0.15) is 18.1 Å². The number of hydrogen-bond donors (Lipinski definition) is 0. The number of nitrogens with zero attached hydrogens (tertiary/aromatic N) is 2. The van der Waals surface area contributed by atoms with Crippen LogP contribution >= 0.6 is 0 Å². The SMILES string of the molecule is Cc1cccnc1C(=O)N1CCC2(CC1)CC(OCCOc1ccccc1)CCO2. The molecule has 0 bridgehead atoms. The van der Waals surface area contributed by atoms with E-state index in [1.54, 1.807) is 6.20 Å². The average Bonchev–Trinajstić information content (AvgIpc) is 2.78. The van der Waals surface area contributed by atoms with Gasteiger partial charge in [-0.15, -0.1) is 0 Å². The molecule has 1 unspecified atom stereocenters. The highest BCUT2D eigenvalue weighted by Gasteiger charge is 2.41. The summed E-state index contributed by atoms with van der Waals surface area (Å²) >= 11 is 0. The maximum absolute atomic E-state index is 12.8. The van der Waals surface area contributed by atoms with Gasteiger partial charge in [0.15, 0.2) is 0 Å². The van der Waals surface area contributed by atoms with E-state index in [0.29, 0.717) is 38.6 Å². The predicted molar refractivity (Wildman–Crippen MR) is 114 cm³/mol. The van der Waals surface area contributed by atoms with Crippen LogP contribution in [-0.2, 0) is 9.47 Å². The molecule has 1 spiro atoms. The molecular weight excluding hydrogens is 380 g/mol. The Kier molecular flexibility index (Phi) is 6.65. The van der Waals surface area contributed by atoms with Gasteiger partial charge in [-0.3, -0.25) is 9.78 Å². The Balaban J connectivity index is 1.24. The second kappa shape index (κ2) is 9.58. The molecule has 30 heavy (non-hydrogen) atoms. The van der Waals surface area contributed by atoms with Crippen LogP contribution in [0.25, 0.3) is 0 Å². The molecule has 2 aliphatic rings. The molecule has 1 aromatic carbocycles. The third kappa shape index (κ3) is 4.99. The Morgan fingerprint density at radius 3 is 2.73 bits per heavy atom. The number of carbonyl (C=O) groups excluding carboxylic acids is 1. The summed E-state index contributed by atoms with van der Waals surface area (Å²) in [6.45, 7) is 5.13. The van der Waals surface area contributed by atoms with Gasteiger partial charge >= 0.3 is 0 Å². The second-order valence-electron chi connectivity index (χ2n) is 8.14. The summed E-state index contributed by atoms with van der Waals surface area (Å²) < 4.78 is 18.0. The largest absolute Gasteiger partial charge is 0.491 e. The quantitative estimate of drug-likeness (QED) is 0.681. The molecular formula is C24H30N2O4. The zero-order valence-corrected chi connectivity index (χ0v) is 17.6. The van der Waals surface area contributed by atoms with E-state index < -0.39 is 0 Å².